The van der Waals surface area contributed by atoms with Crippen LogP contribution >= 0.6 is 0 Å². The Morgan fingerprint density at radius 2 is 1.87 bits per heavy atom. The summed E-state index contributed by atoms with van der Waals surface area (Å²) in [5.74, 6) is -1.09. The van der Waals surface area contributed by atoms with Crippen molar-refractivity contribution in [2.24, 2.45) is 0 Å². The molecule has 0 atom stereocenters. The molecule has 0 spiro atoms. The zero-order valence-corrected chi connectivity index (χ0v) is 16.6. The molecule has 9 heteroatoms. The van der Waals surface area contributed by atoms with Crippen molar-refractivity contribution < 1.29 is 17.6 Å². The first-order valence-corrected chi connectivity index (χ1v) is 10.4. The molecular weight excluding hydrogens is 407 g/mol. The molecule has 4 aromatic rings. The highest BCUT2D eigenvalue weighted by Gasteiger charge is 2.20. The van der Waals surface area contributed by atoms with Gasteiger partial charge in [-0.1, -0.05) is 18.2 Å². The van der Waals surface area contributed by atoms with Crippen LogP contribution in [-0.2, 0) is 10.0 Å². The summed E-state index contributed by atoms with van der Waals surface area (Å²) < 4.78 is 41.7. The van der Waals surface area contributed by atoms with E-state index in [9.17, 15) is 17.6 Å². The average Bonchev–Trinajstić information content (AvgIpc) is 3.19. The Morgan fingerprint density at radius 3 is 2.67 bits per heavy atom. The van der Waals surface area contributed by atoms with Crippen LogP contribution < -0.4 is 10.0 Å². The number of H-pyrrole nitrogens is 1. The minimum atomic E-state index is -4.07. The third kappa shape index (κ3) is 3.87. The van der Waals surface area contributed by atoms with Crippen LogP contribution in [0, 0.1) is 12.7 Å². The summed E-state index contributed by atoms with van der Waals surface area (Å²) in [6.45, 7) is 1.62. The number of aromatic nitrogens is 2. The largest absolute Gasteiger partial charge is 0.345 e. The van der Waals surface area contributed by atoms with E-state index in [4.69, 9.17) is 0 Å². The normalized spacial score (nSPS) is 11.4. The number of carbonyl (C=O) groups excluding carboxylic acids is 1. The summed E-state index contributed by atoms with van der Waals surface area (Å²) in [6, 6.07) is 15.0. The van der Waals surface area contributed by atoms with Gasteiger partial charge < -0.3 is 10.3 Å². The standard InChI is InChI=1S/C21H17FN4O3S/c1-13-6-8-15(25-21(27)14-7-9-18-19(10-14)24-12-23-18)11-20(13)30(28,29)26-17-5-3-2-4-16(17)22/h2-12,26H,1H3,(H,23,24)(H,25,27). The van der Waals surface area contributed by atoms with Crippen LogP contribution in [-0.4, -0.2) is 24.3 Å². The average molecular weight is 424 g/mol. The number of aryl methyl sites for hydroxylation is 1. The number of nitrogens with one attached hydrogen (secondary N) is 3. The Kier molecular flexibility index (Phi) is 4.96. The van der Waals surface area contributed by atoms with Gasteiger partial charge in [-0.05, 0) is 55.0 Å². The molecule has 1 amide bonds. The summed E-state index contributed by atoms with van der Waals surface area (Å²) in [4.78, 5) is 19.6. The topological polar surface area (TPSA) is 104 Å². The third-order valence-corrected chi connectivity index (χ3v) is 6.04. The molecule has 0 aliphatic rings. The van der Waals surface area contributed by atoms with Gasteiger partial charge >= 0.3 is 0 Å². The highest BCUT2D eigenvalue weighted by atomic mass is 32.2. The number of aromatic amines is 1. The van der Waals surface area contributed by atoms with E-state index in [2.05, 4.69) is 20.0 Å². The van der Waals surface area contributed by atoms with E-state index < -0.39 is 21.7 Å². The van der Waals surface area contributed by atoms with Gasteiger partial charge in [-0.2, -0.15) is 0 Å². The molecule has 30 heavy (non-hydrogen) atoms. The van der Waals surface area contributed by atoms with Crippen molar-refractivity contribution in [2.75, 3.05) is 10.0 Å². The van der Waals surface area contributed by atoms with Crippen molar-refractivity contribution in [3.8, 4) is 0 Å². The SMILES string of the molecule is Cc1ccc(NC(=O)c2ccc3nc[nH]c3c2)cc1S(=O)(=O)Nc1ccccc1F. The Balaban J connectivity index is 1.61. The first kappa shape index (κ1) is 19.6. The number of sulfonamides is 1. The summed E-state index contributed by atoms with van der Waals surface area (Å²) >= 11 is 0. The second-order valence-corrected chi connectivity index (χ2v) is 8.31. The Morgan fingerprint density at radius 1 is 1.07 bits per heavy atom. The van der Waals surface area contributed by atoms with Gasteiger partial charge in [0.25, 0.3) is 15.9 Å². The number of nitrogens with zero attached hydrogens (tertiary/aromatic N) is 1. The fourth-order valence-corrected chi connectivity index (χ4v) is 4.33. The molecule has 0 bridgehead atoms. The van der Waals surface area contributed by atoms with E-state index in [0.717, 1.165) is 11.6 Å². The van der Waals surface area contributed by atoms with Crippen molar-refractivity contribution in [3.05, 3.63) is 83.9 Å². The molecule has 0 aliphatic heterocycles. The summed E-state index contributed by atoms with van der Waals surface area (Å²) in [5.41, 5.74) is 2.43. The van der Waals surface area contributed by atoms with Crippen LogP contribution in [0.1, 0.15) is 15.9 Å². The number of carbonyl (C=O) groups is 1. The van der Waals surface area contributed by atoms with Gasteiger partial charge in [0.15, 0.2) is 0 Å². The van der Waals surface area contributed by atoms with Crippen LogP contribution in [0.2, 0.25) is 0 Å². The molecule has 152 valence electrons. The number of halogens is 1. The summed E-state index contributed by atoms with van der Waals surface area (Å²) in [7, 11) is -4.07. The van der Waals surface area contributed by atoms with Crippen molar-refractivity contribution in [1.82, 2.24) is 9.97 Å². The fraction of sp³-hybridized carbons (Fsp3) is 0.0476. The maximum absolute atomic E-state index is 13.9. The number of para-hydroxylation sites is 1. The highest BCUT2D eigenvalue weighted by molar-refractivity contribution is 7.92. The monoisotopic (exact) mass is 424 g/mol. The lowest BCUT2D eigenvalue weighted by Gasteiger charge is -2.13. The lowest BCUT2D eigenvalue weighted by molar-refractivity contribution is 0.102. The van der Waals surface area contributed by atoms with Gasteiger partial charge in [-0.15, -0.1) is 0 Å². The number of imidazole rings is 1. The molecule has 0 aliphatic carbocycles. The molecule has 3 N–H and O–H groups in total. The molecule has 0 unspecified atom stereocenters. The van der Waals surface area contributed by atoms with Crippen LogP contribution in [0.5, 0.6) is 0 Å². The fourth-order valence-electron chi connectivity index (χ4n) is 2.99. The molecule has 3 aromatic carbocycles. The summed E-state index contributed by atoms with van der Waals surface area (Å²) in [6.07, 6.45) is 1.53. The number of benzene rings is 3. The van der Waals surface area contributed by atoms with Gasteiger partial charge in [0.1, 0.15) is 5.82 Å². The van der Waals surface area contributed by atoms with Gasteiger partial charge in [0.05, 0.1) is 27.9 Å². The first-order chi connectivity index (χ1) is 14.3. The lowest BCUT2D eigenvalue weighted by atomic mass is 10.1. The number of rotatable bonds is 5. The Hall–Kier alpha value is -3.72. The number of hydrogen-bond acceptors (Lipinski definition) is 4. The van der Waals surface area contributed by atoms with Crippen molar-refractivity contribution >= 4 is 38.3 Å². The number of anilines is 2. The molecule has 0 radical (unpaired) electrons. The molecule has 0 saturated carbocycles. The maximum atomic E-state index is 13.9. The molecule has 1 heterocycles. The molecule has 1 aromatic heterocycles. The third-order valence-electron chi connectivity index (χ3n) is 4.54. The maximum Gasteiger partial charge on any atom is 0.262 e. The van der Waals surface area contributed by atoms with E-state index in [-0.39, 0.29) is 10.6 Å². The highest BCUT2D eigenvalue weighted by Crippen LogP contribution is 2.24. The van der Waals surface area contributed by atoms with E-state index >= 15 is 0 Å². The molecule has 0 saturated heterocycles. The van der Waals surface area contributed by atoms with Crippen LogP contribution in [0.25, 0.3) is 11.0 Å². The van der Waals surface area contributed by atoms with E-state index in [1.165, 1.54) is 30.6 Å². The van der Waals surface area contributed by atoms with E-state index in [0.29, 0.717) is 22.3 Å². The zero-order valence-electron chi connectivity index (χ0n) is 15.8. The zero-order chi connectivity index (χ0) is 21.3. The molecule has 4 rings (SSSR count). The Bertz CT molecular complexity index is 1370. The van der Waals surface area contributed by atoms with Gasteiger partial charge in [-0.25, -0.2) is 17.8 Å². The first-order valence-electron chi connectivity index (χ1n) is 8.96. The van der Waals surface area contributed by atoms with Gasteiger partial charge in [0, 0.05) is 11.3 Å². The summed E-state index contributed by atoms with van der Waals surface area (Å²) in [5, 5.41) is 2.69. The van der Waals surface area contributed by atoms with Crippen molar-refractivity contribution in [3.63, 3.8) is 0 Å². The van der Waals surface area contributed by atoms with Crippen molar-refractivity contribution in [1.29, 1.82) is 0 Å². The number of amides is 1. The van der Waals surface area contributed by atoms with E-state index in [1.807, 2.05) is 0 Å². The molecular formula is C21H17FN4O3S. The van der Waals surface area contributed by atoms with Gasteiger partial charge in [0.2, 0.25) is 0 Å². The predicted molar refractivity (Wildman–Crippen MR) is 112 cm³/mol. The number of hydrogen-bond donors (Lipinski definition) is 3. The minimum Gasteiger partial charge on any atom is -0.345 e. The second-order valence-electron chi connectivity index (χ2n) is 6.65. The minimum absolute atomic E-state index is 0.0624. The second kappa shape index (κ2) is 7.60. The van der Waals surface area contributed by atoms with Crippen LogP contribution in [0.15, 0.2) is 71.9 Å². The predicted octanol–water partition coefficient (Wildman–Crippen LogP) is 4.06. The lowest BCUT2D eigenvalue weighted by Crippen LogP contribution is -2.17. The number of fused-ring (bicyclic) bond motifs is 1. The van der Waals surface area contributed by atoms with Gasteiger partial charge in [-0.3, -0.25) is 9.52 Å². The van der Waals surface area contributed by atoms with E-state index in [1.54, 1.807) is 37.3 Å². The molecule has 7 nitrogen and oxygen atoms in total. The molecule has 0 fully saturated rings. The quantitative estimate of drug-likeness (QED) is 0.449. The van der Waals surface area contributed by atoms with Crippen LogP contribution in [0.4, 0.5) is 15.8 Å². The smallest absolute Gasteiger partial charge is 0.262 e. The Labute approximate surface area is 172 Å². The van der Waals surface area contributed by atoms with Crippen molar-refractivity contribution in [2.45, 2.75) is 11.8 Å². The van der Waals surface area contributed by atoms with Crippen LogP contribution in [0.3, 0.4) is 0 Å².